The lowest BCUT2D eigenvalue weighted by molar-refractivity contribution is -0.384. The number of hydrogen-bond donors (Lipinski definition) is 2. The summed E-state index contributed by atoms with van der Waals surface area (Å²) in [5.41, 5.74) is 0.559. The molecule has 0 spiro atoms. The number of aliphatic carboxylic acids is 1. The van der Waals surface area contributed by atoms with Gasteiger partial charge in [-0.1, -0.05) is 6.58 Å². The molecule has 0 radical (unpaired) electrons. The first-order valence-electron chi connectivity index (χ1n) is 6.02. The van der Waals surface area contributed by atoms with Gasteiger partial charge in [0.25, 0.3) is 5.69 Å². The van der Waals surface area contributed by atoms with Gasteiger partial charge in [0.15, 0.2) is 0 Å². The van der Waals surface area contributed by atoms with Crippen molar-refractivity contribution in [1.82, 2.24) is 5.32 Å². The molecule has 1 rings (SSSR count). The van der Waals surface area contributed by atoms with Crippen molar-refractivity contribution in [3.63, 3.8) is 0 Å². The van der Waals surface area contributed by atoms with Gasteiger partial charge in [-0.25, -0.2) is 4.79 Å². The molecule has 2 N–H and O–H groups in total. The summed E-state index contributed by atoms with van der Waals surface area (Å²) in [6, 6.07) is 5.52. The minimum atomic E-state index is -1.11. The largest absolute Gasteiger partial charge is 0.478 e. The van der Waals surface area contributed by atoms with Gasteiger partial charge in [0.2, 0.25) is 5.91 Å². The van der Waals surface area contributed by atoms with Gasteiger partial charge in [0.05, 0.1) is 4.92 Å². The van der Waals surface area contributed by atoms with Crippen molar-refractivity contribution in [2.24, 2.45) is 0 Å². The molecule has 0 aliphatic rings. The lowest BCUT2D eigenvalue weighted by Gasteiger charge is -2.04. The van der Waals surface area contributed by atoms with E-state index < -0.39 is 10.9 Å². The number of nitrogens with zero attached hydrogens (tertiary/aromatic N) is 1. The van der Waals surface area contributed by atoms with Crippen molar-refractivity contribution in [3.05, 3.63) is 58.2 Å². The Morgan fingerprint density at radius 1 is 1.33 bits per heavy atom. The van der Waals surface area contributed by atoms with Crippen LogP contribution < -0.4 is 5.32 Å². The van der Waals surface area contributed by atoms with Gasteiger partial charge in [-0.15, -0.1) is 0 Å². The van der Waals surface area contributed by atoms with Crippen LogP contribution in [0.25, 0.3) is 6.08 Å². The van der Waals surface area contributed by atoms with E-state index in [1.54, 1.807) is 0 Å². The molecule has 110 valence electrons. The Morgan fingerprint density at radius 3 is 2.43 bits per heavy atom. The van der Waals surface area contributed by atoms with Gasteiger partial charge in [0, 0.05) is 24.3 Å². The number of carboxylic acids is 1. The van der Waals surface area contributed by atoms with Gasteiger partial charge in [-0.2, -0.15) is 0 Å². The first kappa shape index (κ1) is 16.1. The minimum absolute atomic E-state index is 0.0673. The van der Waals surface area contributed by atoms with Gasteiger partial charge in [0.1, 0.15) is 0 Å². The molecule has 0 aromatic heterocycles. The lowest BCUT2D eigenvalue weighted by Crippen LogP contribution is -2.23. The number of carbonyl (C=O) groups is 2. The minimum Gasteiger partial charge on any atom is -0.478 e. The number of nitrogens with one attached hydrogen (secondary N) is 1. The van der Waals surface area contributed by atoms with E-state index in [9.17, 15) is 19.7 Å². The van der Waals surface area contributed by atoms with E-state index in [4.69, 9.17) is 5.11 Å². The molecule has 1 amide bonds. The lowest BCUT2D eigenvalue weighted by atomic mass is 10.1. The van der Waals surface area contributed by atoms with Crippen molar-refractivity contribution in [2.45, 2.75) is 6.42 Å². The van der Waals surface area contributed by atoms with Crippen molar-refractivity contribution >= 4 is 23.6 Å². The molecule has 7 heteroatoms. The molecule has 1 aromatic rings. The summed E-state index contributed by atoms with van der Waals surface area (Å²) in [6.07, 6.45) is 2.64. The average Bonchev–Trinajstić information content (AvgIpc) is 2.46. The molecule has 0 unspecified atom stereocenters. The Morgan fingerprint density at radius 2 is 1.95 bits per heavy atom. The van der Waals surface area contributed by atoms with Crippen LogP contribution >= 0.6 is 0 Å². The monoisotopic (exact) mass is 290 g/mol. The molecule has 0 bridgehead atoms. The van der Waals surface area contributed by atoms with Crippen molar-refractivity contribution in [1.29, 1.82) is 0 Å². The van der Waals surface area contributed by atoms with E-state index in [0.29, 0.717) is 5.56 Å². The number of nitro benzene ring substituents is 1. The zero-order valence-electron chi connectivity index (χ0n) is 11.1. The summed E-state index contributed by atoms with van der Waals surface area (Å²) < 4.78 is 0. The molecule has 0 fully saturated rings. The summed E-state index contributed by atoms with van der Waals surface area (Å²) in [5.74, 6) is -1.49. The molecule has 0 saturated heterocycles. The van der Waals surface area contributed by atoms with Crippen LogP contribution in [-0.4, -0.2) is 28.5 Å². The van der Waals surface area contributed by atoms with Crippen LogP contribution in [0.2, 0.25) is 0 Å². The molecule has 7 nitrogen and oxygen atoms in total. The highest BCUT2D eigenvalue weighted by Crippen LogP contribution is 2.15. The fourth-order valence-corrected chi connectivity index (χ4v) is 1.53. The van der Waals surface area contributed by atoms with E-state index in [-0.39, 0.29) is 30.1 Å². The predicted molar refractivity (Wildman–Crippen MR) is 76.5 cm³/mol. The molecular formula is C14H14N2O5. The maximum Gasteiger partial charge on any atom is 0.331 e. The summed E-state index contributed by atoms with van der Waals surface area (Å²) in [4.78, 5) is 32.1. The number of carbonyl (C=O) groups excluding carboxylic acids is 1. The third-order valence-electron chi connectivity index (χ3n) is 2.60. The first-order valence-corrected chi connectivity index (χ1v) is 6.02. The van der Waals surface area contributed by atoms with Crippen LogP contribution in [0.4, 0.5) is 5.69 Å². The van der Waals surface area contributed by atoms with E-state index in [0.717, 1.165) is 6.08 Å². The number of non-ortho nitro benzene ring substituents is 1. The molecule has 0 aliphatic carbocycles. The standard InChI is InChI=1S/C14H14N2O5/c1-2-13(17)15-8-7-11(14(18)19)9-10-3-5-12(6-4-10)16(20)21/h2-6,9H,1,7-8H2,(H,15,17)(H,18,19)/b11-9+. The molecule has 0 aliphatic heterocycles. The maximum absolute atomic E-state index is 11.1. The van der Waals surface area contributed by atoms with Gasteiger partial charge < -0.3 is 10.4 Å². The Labute approximate surface area is 120 Å². The molecule has 0 heterocycles. The van der Waals surface area contributed by atoms with E-state index in [1.165, 1.54) is 30.3 Å². The fraction of sp³-hybridized carbons (Fsp3) is 0.143. The second-order valence-corrected chi connectivity index (χ2v) is 4.07. The van der Waals surface area contributed by atoms with Crippen LogP contribution in [0.15, 0.2) is 42.5 Å². The van der Waals surface area contributed by atoms with Crippen LogP contribution in [-0.2, 0) is 9.59 Å². The zero-order chi connectivity index (χ0) is 15.8. The SMILES string of the molecule is C=CC(=O)NCC/C(=C\c1ccc([N+](=O)[O-])cc1)C(=O)O. The first-order chi connectivity index (χ1) is 9.93. The van der Waals surface area contributed by atoms with Crippen LogP contribution in [0.5, 0.6) is 0 Å². The third-order valence-corrected chi connectivity index (χ3v) is 2.60. The highest BCUT2D eigenvalue weighted by Gasteiger charge is 2.09. The quantitative estimate of drug-likeness (QED) is 0.451. The summed E-state index contributed by atoms with van der Waals surface area (Å²) in [6.45, 7) is 3.45. The molecule has 21 heavy (non-hydrogen) atoms. The Bertz CT molecular complexity index is 590. The van der Waals surface area contributed by atoms with Crippen molar-refractivity contribution in [2.75, 3.05) is 6.54 Å². The third kappa shape index (κ3) is 5.27. The second kappa shape index (κ2) is 7.59. The van der Waals surface area contributed by atoms with Gasteiger partial charge >= 0.3 is 5.97 Å². The zero-order valence-corrected chi connectivity index (χ0v) is 11.1. The molecular weight excluding hydrogens is 276 g/mol. The smallest absolute Gasteiger partial charge is 0.331 e. The predicted octanol–water partition coefficient (Wildman–Crippen LogP) is 1.76. The number of hydrogen-bond acceptors (Lipinski definition) is 4. The Balaban J connectivity index is 2.79. The molecule has 0 saturated carbocycles. The summed E-state index contributed by atoms with van der Waals surface area (Å²) >= 11 is 0. The number of rotatable bonds is 7. The Kier molecular flexibility index (Phi) is 5.81. The van der Waals surface area contributed by atoms with Gasteiger partial charge in [-0.3, -0.25) is 14.9 Å². The van der Waals surface area contributed by atoms with Crippen LogP contribution in [0.1, 0.15) is 12.0 Å². The van der Waals surface area contributed by atoms with Crippen molar-refractivity contribution in [3.8, 4) is 0 Å². The topological polar surface area (TPSA) is 110 Å². The fourth-order valence-electron chi connectivity index (χ4n) is 1.53. The van der Waals surface area contributed by atoms with Crippen LogP contribution in [0.3, 0.4) is 0 Å². The van der Waals surface area contributed by atoms with Gasteiger partial charge in [-0.05, 0) is 36.3 Å². The number of nitro groups is 1. The highest BCUT2D eigenvalue weighted by atomic mass is 16.6. The number of carboxylic acid groups (broad SMARTS) is 1. The molecule has 1 aromatic carbocycles. The summed E-state index contributed by atoms with van der Waals surface area (Å²) in [7, 11) is 0. The molecule has 0 atom stereocenters. The normalized spacial score (nSPS) is 10.8. The summed E-state index contributed by atoms with van der Waals surface area (Å²) in [5, 5.41) is 22.1. The highest BCUT2D eigenvalue weighted by molar-refractivity contribution is 5.92. The van der Waals surface area contributed by atoms with E-state index in [1.807, 2.05) is 0 Å². The second-order valence-electron chi connectivity index (χ2n) is 4.07. The number of amides is 1. The van der Waals surface area contributed by atoms with Crippen molar-refractivity contribution < 1.29 is 19.6 Å². The number of benzene rings is 1. The van der Waals surface area contributed by atoms with Crippen LogP contribution in [0, 0.1) is 10.1 Å². The van der Waals surface area contributed by atoms with E-state index in [2.05, 4.69) is 11.9 Å². The average molecular weight is 290 g/mol. The maximum atomic E-state index is 11.1. The van der Waals surface area contributed by atoms with E-state index >= 15 is 0 Å². The Hall–Kier alpha value is -2.96.